The number of aromatic nitrogens is 1. The maximum Gasteiger partial charge on any atom is 0.260 e. The lowest BCUT2D eigenvalue weighted by molar-refractivity contribution is 0.0985. The Labute approximate surface area is 210 Å². The van der Waals surface area contributed by atoms with Crippen molar-refractivity contribution in [2.45, 2.75) is 28.9 Å². The summed E-state index contributed by atoms with van der Waals surface area (Å²) in [5.74, 6) is -0.312. The minimum absolute atomic E-state index is 0. The molecule has 1 heterocycles. The highest BCUT2D eigenvalue weighted by atomic mass is 35.5. The summed E-state index contributed by atoms with van der Waals surface area (Å²) in [7, 11) is -3.02. The first-order valence-corrected chi connectivity index (χ1v) is 14.5. The van der Waals surface area contributed by atoms with Crippen LogP contribution in [-0.2, 0) is 19.7 Å². The smallest absolute Gasteiger partial charge is 0.260 e. The molecule has 0 fully saturated rings. The van der Waals surface area contributed by atoms with Gasteiger partial charge in [-0.05, 0) is 70.4 Å². The van der Waals surface area contributed by atoms with Gasteiger partial charge >= 0.3 is 0 Å². The normalized spacial score (nSPS) is 12.2. The lowest BCUT2D eigenvalue weighted by Crippen LogP contribution is -2.36. The Morgan fingerprint density at radius 3 is 2.09 bits per heavy atom. The van der Waals surface area contributed by atoms with Gasteiger partial charge in [-0.15, -0.1) is 12.4 Å². The Hall–Kier alpha value is -2.05. The van der Waals surface area contributed by atoms with Crippen molar-refractivity contribution in [2.75, 3.05) is 38.3 Å². The largest absolute Gasteiger partial charge is 0.308 e. The zero-order chi connectivity index (χ0) is 24.6. The van der Waals surface area contributed by atoms with Crippen LogP contribution in [0.15, 0.2) is 52.3 Å². The Bertz CT molecular complexity index is 1380. The maximum atomic E-state index is 13.4. The predicted octanol–water partition coefficient (Wildman–Crippen LogP) is 3.51. The topological polar surface area (TPSA) is 105 Å². The molecule has 8 nitrogen and oxygen atoms in total. The molecule has 0 saturated carbocycles. The Kier molecular flexibility index (Phi) is 8.87. The molecule has 34 heavy (non-hydrogen) atoms. The van der Waals surface area contributed by atoms with Gasteiger partial charge in [0.2, 0.25) is 0 Å². The van der Waals surface area contributed by atoms with Crippen molar-refractivity contribution in [3.05, 3.63) is 48.0 Å². The third-order valence-electron chi connectivity index (χ3n) is 5.07. The van der Waals surface area contributed by atoms with E-state index < -0.39 is 24.9 Å². The fraction of sp³-hybridized carbons (Fsp3) is 0.364. The molecule has 0 aliphatic heterocycles. The second-order valence-corrected chi connectivity index (χ2v) is 13.8. The van der Waals surface area contributed by atoms with Crippen molar-refractivity contribution in [3.8, 4) is 0 Å². The number of hydrogen-bond acceptors (Lipinski definition) is 8. The van der Waals surface area contributed by atoms with Crippen LogP contribution in [0.3, 0.4) is 0 Å². The molecule has 0 radical (unpaired) electrons. The van der Waals surface area contributed by atoms with E-state index in [4.69, 9.17) is 0 Å². The molecule has 0 saturated heterocycles. The molecule has 3 rings (SSSR count). The highest BCUT2D eigenvalue weighted by molar-refractivity contribution is 7.92. The number of nitrogens with zero attached hydrogens (tertiary/aromatic N) is 3. The molecular formula is C22H28ClN3O5S3. The number of rotatable bonds is 8. The number of amides is 1. The standard InChI is InChI=1S/C22H27N3O5S3.ClH/c1-15(2)33(29,30)17-8-6-16(7-9-17)21(26)25(13-12-24(3)4)22-23-19-11-10-18(32(5,27)28)14-20(19)31-22;/h6-11,14-15H,12-13H2,1-5H3;1H. The van der Waals surface area contributed by atoms with E-state index in [0.717, 1.165) is 6.26 Å². The van der Waals surface area contributed by atoms with E-state index in [-0.39, 0.29) is 28.1 Å². The number of anilines is 1. The Morgan fingerprint density at radius 2 is 1.56 bits per heavy atom. The van der Waals surface area contributed by atoms with Gasteiger partial charge in [0.15, 0.2) is 24.8 Å². The van der Waals surface area contributed by atoms with Crippen LogP contribution in [0.1, 0.15) is 24.2 Å². The van der Waals surface area contributed by atoms with Gasteiger partial charge in [-0.2, -0.15) is 0 Å². The predicted molar refractivity (Wildman–Crippen MR) is 139 cm³/mol. The van der Waals surface area contributed by atoms with Crippen LogP contribution in [-0.4, -0.2) is 71.3 Å². The minimum Gasteiger partial charge on any atom is -0.308 e. The molecular weight excluding hydrogens is 518 g/mol. The van der Waals surface area contributed by atoms with Crippen molar-refractivity contribution in [1.29, 1.82) is 0 Å². The van der Waals surface area contributed by atoms with Crippen LogP contribution in [0, 0.1) is 0 Å². The molecule has 3 aromatic rings. The molecule has 186 valence electrons. The van der Waals surface area contributed by atoms with Gasteiger partial charge in [-0.1, -0.05) is 11.3 Å². The number of thiazole rings is 1. The van der Waals surface area contributed by atoms with E-state index >= 15 is 0 Å². The molecule has 1 amide bonds. The third kappa shape index (κ3) is 6.14. The summed E-state index contributed by atoms with van der Waals surface area (Å²) in [5.41, 5.74) is 0.941. The van der Waals surface area contributed by atoms with E-state index in [1.807, 2.05) is 19.0 Å². The van der Waals surface area contributed by atoms with E-state index in [9.17, 15) is 21.6 Å². The van der Waals surface area contributed by atoms with Crippen molar-refractivity contribution in [2.24, 2.45) is 0 Å². The molecule has 0 aliphatic carbocycles. The third-order valence-corrected chi connectivity index (χ3v) is 9.40. The summed E-state index contributed by atoms with van der Waals surface area (Å²) in [4.78, 5) is 21.8. The van der Waals surface area contributed by atoms with Crippen LogP contribution >= 0.6 is 23.7 Å². The maximum absolute atomic E-state index is 13.4. The number of halogens is 1. The number of likely N-dealkylation sites (N-methyl/N-ethyl adjacent to an activating group) is 1. The highest BCUT2D eigenvalue weighted by Gasteiger charge is 2.24. The van der Waals surface area contributed by atoms with Gasteiger partial charge in [0.1, 0.15) is 0 Å². The van der Waals surface area contributed by atoms with Gasteiger partial charge in [-0.3, -0.25) is 9.69 Å². The number of benzene rings is 2. The molecule has 12 heteroatoms. The lowest BCUT2D eigenvalue weighted by atomic mass is 10.2. The molecule has 0 atom stereocenters. The first kappa shape index (κ1) is 28.2. The molecule has 1 aromatic heterocycles. The minimum atomic E-state index is -3.44. The second-order valence-electron chi connectivity index (χ2n) is 8.28. The monoisotopic (exact) mass is 545 g/mol. The van der Waals surface area contributed by atoms with Crippen molar-refractivity contribution < 1.29 is 21.6 Å². The van der Waals surface area contributed by atoms with E-state index in [0.29, 0.717) is 34.0 Å². The zero-order valence-corrected chi connectivity index (χ0v) is 22.8. The average molecular weight is 546 g/mol. The Balaban J connectivity index is 0.00000408. The van der Waals surface area contributed by atoms with Crippen molar-refractivity contribution in [3.63, 3.8) is 0 Å². The van der Waals surface area contributed by atoms with Gasteiger partial charge in [0, 0.05) is 24.9 Å². The summed E-state index contributed by atoms with van der Waals surface area (Å²) in [6.07, 6.45) is 1.15. The van der Waals surface area contributed by atoms with E-state index in [1.54, 1.807) is 26.0 Å². The van der Waals surface area contributed by atoms with Gasteiger partial charge in [0.05, 0.1) is 25.3 Å². The first-order chi connectivity index (χ1) is 15.3. The van der Waals surface area contributed by atoms with Gasteiger partial charge < -0.3 is 4.90 Å². The molecule has 0 bridgehead atoms. The van der Waals surface area contributed by atoms with Crippen molar-refractivity contribution in [1.82, 2.24) is 9.88 Å². The Morgan fingerprint density at radius 1 is 0.971 bits per heavy atom. The van der Waals surface area contributed by atoms with Crippen LogP contribution in [0.2, 0.25) is 0 Å². The SMILES string of the molecule is CC(C)S(=O)(=O)c1ccc(C(=O)N(CCN(C)C)c2nc3ccc(S(C)(=O)=O)cc3s2)cc1.Cl. The molecule has 0 aliphatic rings. The molecule has 0 unspecified atom stereocenters. The fourth-order valence-electron chi connectivity index (χ4n) is 3.04. The molecule has 2 aromatic carbocycles. The van der Waals surface area contributed by atoms with Crippen LogP contribution in [0.25, 0.3) is 10.2 Å². The highest BCUT2D eigenvalue weighted by Crippen LogP contribution is 2.31. The summed E-state index contributed by atoms with van der Waals surface area (Å²) in [5, 5.41) is -0.114. The van der Waals surface area contributed by atoms with Crippen LogP contribution < -0.4 is 4.90 Å². The second kappa shape index (κ2) is 10.7. The van der Waals surface area contributed by atoms with E-state index in [2.05, 4.69) is 4.98 Å². The number of carbonyl (C=O) groups is 1. The number of carbonyl (C=O) groups excluding carboxylic acids is 1. The lowest BCUT2D eigenvalue weighted by Gasteiger charge is -2.22. The summed E-state index contributed by atoms with van der Waals surface area (Å²) < 4.78 is 49.2. The molecule has 0 N–H and O–H groups in total. The van der Waals surface area contributed by atoms with Gasteiger partial charge in [0.25, 0.3) is 5.91 Å². The molecule has 0 spiro atoms. The number of hydrogen-bond donors (Lipinski definition) is 0. The number of sulfone groups is 2. The summed E-state index contributed by atoms with van der Waals surface area (Å²) in [6, 6.07) is 10.6. The average Bonchev–Trinajstić information content (AvgIpc) is 3.15. The zero-order valence-electron chi connectivity index (χ0n) is 19.5. The van der Waals surface area contributed by atoms with Crippen LogP contribution in [0.5, 0.6) is 0 Å². The van der Waals surface area contributed by atoms with E-state index in [1.165, 1.54) is 46.6 Å². The summed E-state index contributed by atoms with van der Waals surface area (Å²) >= 11 is 1.24. The van der Waals surface area contributed by atoms with Gasteiger partial charge in [-0.25, -0.2) is 21.8 Å². The van der Waals surface area contributed by atoms with Crippen LogP contribution in [0.4, 0.5) is 5.13 Å². The fourth-order valence-corrected chi connectivity index (χ4v) is 5.85. The van der Waals surface area contributed by atoms with Crippen molar-refractivity contribution >= 4 is 64.7 Å². The quantitative estimate of drug-likeness (QED) is 0.426. The summed E-state index contributed by atoms with van der Waals surface area (Å²) in [6.45, 7) is 4.16. The first-order valence-electron chi connectivity index (χ1n) is 10.2. The number of fused-ring (bicyclic) bond motifs is 1.